The maximum Gasteiger partial charge on any atom is 0.416 e. The molecule has 164 valence electrons. The highest BCUT2D eigenvalue weighted by atomic mass is 127. The first kappa shape index (κ1) is 24.5. The number of nitrogens with one attached hydrogen (secondary N) is 2. The molecule has 30 heavy (non-hydrogen) atoms. The Kier molecular flexibility index (Phi) is 9.41. The van der Waals surface area contributed by atoms with E-state index in [4.69, 9.17) is 4.74 Å². The van der Waals surface area contributed by atoms with Gasteiger partial charge in [-0.15, -0.1) is 24.0 Å². The smallest absolute Gasteiger partial charge is 0.373 e. The van der Waals surface area contributed by atoms with E-state index < -0.39 is 11.7 Å². The minimum absolute atomic E-state index is 0. The van der Waals surface area contributed by atoms with Crippen LogP contribution in [0.1, 0.15) is 35.6 Å². The van der Waals surface area contributed by atoms with Crippen molar-refractivity contribution >= 4 is 29.9 Å². The number of alkyl halides is 3. The van der Waals surface area contributed by atoms with Gasteiger partial charge < -0.3 is 15.4 Å². The van der Waals surface area contributed by atoms with E-state index in [1.165, 1.54) is 17.7 Å². The fraction of sp³-hybridized carbons (Fsp3) is 0.409. The van der Waals surface area contributed by atoms with Crippen LogP contribution in [-0.2, 0) is 17.5 Å². The first-order valence-corrected chi connectivity index (χ1v) is 9.74. The predicted molar refractivity (Wildman–Crippen MR) is 123 cm³/mol. The normalized spacial score (nSPS) is 19.7. The van der Waals surface area contributed by atoms with Crippen molar-refractivity contribution in [3.8, 4) is 0 Å². The molecule has 1 saturated heterocycles. The van der Waals surface area contributed by atoms with Crippen molar-refractivity contribution < 1.29 is 17.9 Å². The largest absolute Gasteiger partial charge is 0.416 e. The number of benzene rings is 2. The first-order chi connectivity index (χ1) is 14.0. The molecule has 0 aliphatic carbocycles. The number of halogens is 4. The molecular weight excluding hydrogens is 506 g/mol. The molecule has 0 aromatic heterocycles. The predicted octanol–water partition coefficient (Wildman–Crippen LogP) is 5.16. The van der Waals surface area contributed by atoms with Crippen LogP contribution in [0.25, 0.3) is 0 Å². The van der Waals surface area contributed by atoms with Crippen LogP contribution in [0.15, 0.2) is 59.6 Å². The maximum absolute atomic E-state index is 12.7. The fourth-order valence-corrected chi connectivity index (χ4v) is 3.51. The third-order valence-electron chi connectivity index (χ3n) is 5.07. The molecule has 1 aliphatic heterocycles. The first-order valence-electron chi connectivity index (χ1n) is 9.74. The summed E-state index contributed by atoms with van der Waals surface area (Å²) in [7, 11) is 1.67. The number of nitrogens with zero attached hydrogens (tertiary/aromatic N) is 1. The van der Waals surface area contributed by atoms with Gasteiger partial charge in [0.2, 0.25) is 0 Å². The Labute approximate surface area is 192 Å². The Bertz CT molecular complexity index is 798. The highest BCUT2D eigenvalue weighted by molar-refractivity contribution is 14.0. The van der Waals surface area contributed by atoms with Gasteiger partial charge in [0, 0.05) is 32.7 Å². The van der Waals surface area contributed by atoms with Crippen molar-refractivity contribution in [1.82, 2.24) is 10.6 Å². The van der Waals surface area contributed by atoms with E-state index in [1.54, 1.807) is 7.05 Å². The second-order valence-electron chi connectivity index (χ2n) is 7.11. The van der Waals surface area contributed by atoms with Crippen LogP contribution >= 0.6 is 24.0 Å². The Morgan fingerprint density at radius 2 is 1.77 bits per heavy atom. The summed E-state index contributed by atoms with van der Waals surface area (Å²) in [6.45, 7) is 1.85. The van der Waals surface area contributed by atoms with E-state index in [2.05, 4.69) is 27.8 Å². The molecule has 3 rings (SSSR count). The van der Waals surface area contributed by atoms with Crippen molar-refractivity contribution in [2.75, 3.05) is 20.2 Å². The molecule has 2 aromatic carbocycles. The molecule has 1 heterocycles. The summed E-state index contributed by atoms with van der Waals surface area (Å²) < 4.78 is 44.0. The van der Waals surface area contributed by atoms with Crippen molar-refractivity contribution in [3.63, 3.8) is 0 Å². The van der Waals surface area contributed by atoms with Gasteiger partial charge in [-0.05, 0) is 36.1 Å². The SMILES string of the molecule is CN=C(NCc1ccc(C(F)(F)F)cc1)NCC1CCCOC1c1ccccc1.I. The van der Waals surface area contributed by atoms with E-state index in [1.807, 2.05) is 18.2 Å². The summed E-state index contributed by atoms with van der Waals surface area (Å²) in [5.41, 5.74) is 1.28. The summed E-state index contributed by atoms with van der Waals surface area (Å²) in [5, 5.41) is 6.48. The zero-order valence-corrected chi connectivity index (χ0v) is 19.1. The molecule has 2 unspecified atom stereocenters. The highest BCUT2D eigenvalue weighted by Crippen LogP contribution is 2.33. The Morgan fingerprint density at radius 1 is 1.07 bits per heavy atom. The van der Waals surface area contributed by atoms with E-state index in [-0.39, 0.29) is 30.1 Å². The van der Waals surface area contributed by atoms with Crippen LogP contribution in [0.4, 0.5) is 13.2 Å². The quantitative estimate of drug-likeness (QED) is 0.318. The molecule has 8 heteroatoms. The minimum atomic E-state index is -4.32. The molecule has 1 fully saturated rings. The van der Waals surface area contributed by atoms with Gasteiger partial charge in [0.1, 0.15) is 0 Å². The van der Waals surface area contributed by atoms with Crippen LogP contribution < -0.4 is 10.6 Å². The van der Waals surface area contributed by atoms with Crippen LogP contribution in [0, 0.1) is 5.92 Å². The monoisotopic (exact) mass is 533 g/mol. The molecule has 4 nitrogen and oxygen atoms in total. The van der Waals surface area contributed by atoms with Gasteiger partial charge in [0.15, 0.2) is 5.96 Å². The summed E-state index contributed by atoms with van der Waals surface area (Å²) in [4.78, 5) is 4.22. The van der Waals surface area contributed by atoms with Gasteiger partial charge in [-0.2, -0.15) is 13.2 Å². The number of hydrogen-bond donors (Lipinski definition) is 2. The molecule has 2 atom stereocenters. The van der Waals surface area contributed by atoms with Gasteiger partial charge in [-0.3, -0.25) is 4.99 Å². The molecular formula is C22H27F3IN3O. The van der Waals surface area contributed by atoms with E-state index in [9.17, 15) is 13.2 Å². The lowest BCUT2D eigenvalue weighted by Gasteiger charge is -2.32. The summed E-state index contributed by atoms with van der Waals surface area (Å²) in [6.07, 6.45) is -2.19. The lowest BCUT2D eigenvalue weighted by Crippen LogP contribution is -2.41. The van der Waals surface area contributed by atoms with Crippen molar-refractivity contribution in [2.24, 2.45) is 10.9 Å². The molecule has 0 radical (unpaired) electrons. The van der Waals surface area contributed by atoms with Crippen LogP contribution in [-0.4, -0.2) is 26.2 Å². The molecule has 1 aliphatic rings. The van der Waals surface area contributed by atoms with Gasteiger partial charge in [-0.25, -0.2) is 0 Å². The molecule has 2 aromatic rings. The lowest BCUT2D eigenvalue weighted by molar-refractivity contribution is -0.137. The minimum Gasteiger partial charge on any atom is -0.373 e. The van der Waals surface area contributed by atoms with E-state index in [0.717, 1.165) is 37.1 Å². The second kappa shape index (κ2) is 11.5. The van der Waals surface area contributed by atoms with E-state index >= 15 is 0 Å². The van der Waals surface area contributed by atoms with Gasteiger partial charge in [0.25, 0.3) is 0 Å². The molecule has 0 saturated carbocycles. The van der Waals surface area contributed by atoms with Crippen molar-refractivity contribution in [1.29, 1.82) is 0 Å². The third kappa shape index (κ3) is 6.87. The second-order valence-corrected chi connectivity index (χ2v) is 7.11. The Balaban J connectivity index is 0.00000320. The average Bonchev–Trinajstić information content (AvgIpc) is 2.74. The van der Waals surface area contributed by atoms with Gasteiger partial charge >= 0.3 is 6.18 Å². The standard InChI is InChI=1S/C22H26F3N3O.HI/c1-26-21(27-14-16-9-11-19(12-10-16)22(23,24)25)28-15-18-8-5-13-29-20(18)17-6-3-2-4-7-17;/h2-4,6-7,9-12,18,20H,5,8,13-15H2,1H3,(H2,26,27,28);1H. The number of ether oxygens (including phenoxy) is 1. The Hall–Kier alpha value is -1.81. The summed E-state index contributed by atoms with van der Waals surface area (Å²) in [6, 6.07) is 15.3. The molecule has 2 N–H and O–H groups in total. The van der Waals surface area contributed by atoms with E-state index in [0.29, 0.717) is 25.0 Å². The van der Waals surface area contributed by atoms with Gasteiger partial charge in [0.05, 0.1) is 11.7 Å². The zero-order chi connectivity index (χ0) is 20.7. The topological polar surface area (TPSA) is 45.7 Å². The average molecular weight is 533 g/mol. The third-order valence-corrected chi connectivity index (χ3v) is 5.07. The zero-order valence-electron chi connectivity index (χ0n) is 16.8. The Morgan fingerprint density at radius 3 is 2.40 bits per heavy atom. The number of hydrogen-bond acceptors (Lipinski definition) is 2. The lowest BCUT2D eigenvalue weighted by atomic mass is 9.89. The summed E-state index contributed by atoms with van der Waals surface area (Å²) in [5.74, 6) is 0.929. The molecule has 0 amide bonds. The van der Waals surface area contributed by atoms with Crippen LogP contribution in [0.2, 0.25) is 0 Å². The van der Waals surface area contributed by atoms with Crippen LogP contribution in [0.5, 0.6) is 0 Å². The number of aliphatic imine (C=N–C) groups is 1. The molecule has 0 spiro atoms. The summed E-state index contributed by atoms with van der Waals surface area (Å²) >= 11 is 0. The van der Waals surface area contributed by atoms with Crippen LogP contribution in [0.3, 0.4) is 0 Å². The van der Waals surface area contributed by atoms with Crippen molar-refractivity contribution in [2.45, 2.75) is 31.7 Å². The molecule has 0 bridgehead atoms. The number of guanidine groups is 1. The maximum atomic E-state index is 12.7. The van der Waals surface area contributed by atoms with Gasteiger partial charge in [-0.1, -0.05) is 42.5 Å². The number of rotatable bonds is 5. The van der Waals surface area contributed by atoms with Crippen molar-refractivity contribution in [3.05, 3.63) is 71.3 Å². The fourth-order valence-electron chi connectivity index (χ4n) is 3.51. The highest BCUT2D eigenvalue weighted by Gasteiger charge is 2.30.